The first-order chi connectivity index (χ1) is 17.3. The largest absolute Gasteiger partial charge is 0.416 e. The Labute approximate surface area is 208 Å². The molecule has 0 bridgehead atoms. The van der Waals surface area contributed by atoms with Crippen molar-refractivity contribution >= 4 is 11.6 Å². The van der Waals surface area contributed by atoms with E-state index in [4.69, 9.17) is 0 Å². The van der Waals surface area contributed by atoms with E-state index in [0.29, 0.717) is 38.3 Å². The second-order valence-electron chi connectivity index (χ2n) is 8.83. The summed E-state index contributed by atoms with van der Waals surface area (Å²) in [5, 5.41) is 13.0. The fraction of sp³-hybridized carbons (Fsp3) is 0.333. The number of nitriles is 1. The smallest absolute Gasteiger partial charge is 0.385 e. The number of aromatic nitrogens is 1. The van der Waals surface area contributed by atoms with Gasteiger partial charge in [-0.15, -0.1) is 0 Å². The van der Waals surface area contributed by atoms with Crippen molar-refractivity contribution in [3.05, 3.63) is 89.2 Å². The molecule has 1 aromatic heterocycles. The number of hydrogen-bond acceptors (Lipinski definition) is 4. The number of carbonyl (C=O) groups is 1. The van der Waals surface area contributed by atoms with Crippen LogP contribution in [0.5, 0.6) is 0 Å². The van der Waals surface area contributed by atoms with Crippen LogP contribution in [0.4, 0.5) is 18.9 Å². The molecule has 9 heteroatoms. The van der Waals surface area contributed by atoms with Crippen molar-refractivity contribution in [2.45, 2.75) is 25.7 Å². The lowest BCUT2D eigenvalue weighted by atomic mass is 10.1. The van der Waals surface area contributed by atoms with Gasteiger partial charge in [0.25, 0.3) is 5.91 Å². The molecule has 2 heterocycles. The normalized spacial score (nSPS) is 14.4. The van der Waals surface area contributed by atoms with Crippen LogP contribution in [-0.4, -0.2) is 53.0 Å². The molecular formula is C27H28F3N5O. The summed E-state index contributed by atoms with van der Waals surface area (Å²) in [5.74, 6) is -0.271. The van der Waals surface area contributed by atoms with Gasteiger partial charge < -0.3 is 14.8 Å². The molecule has 1 N–H and O–H groups in total. The van der Waals surface area contributed by atoms with E-state index in [2.05, 4.69) is 20.9 Å². The van der Waals surface area contributed by atoms with Crippen molar-refractivity contribution in [1.82, 2.24) is 14.4 Å². The van der Waals surface area contributed by atoms with Gasteiger partial charge in [0.1, 0.15) is 0 Å². The van der Waals surface area contributed by atoms with Crippen LogP contribution in [0.15, 0.2) is 67.0 Å². The molecule has 0 atom stereocenters. The first-order valence-electron chi connectivity index (χ1n) is 11.9. The molecular weight excluding hydrogens is 467 g/mol. The van der Waals surface area contributed by atoms with Gasteiger partial charge in [-0.25, -0.2) is 0 Å². The molecule has 1 aliphatic rings. The minimum absolute atomic E-state index is 0.249. The molecule has 36 heavy (non-hydrogen) atoms. The monoisotopic (exact) mass is 495 g/mol. The van der Waals surface area contributed by atoms with E-state index in [9.17, 15) is 23.2 Å². The zero-order valence-electron chi connectivity index (χ0n) is 19.8. The van der Waals surface area contributed by atoms with Gasteiger partial charge in [0.15, 0.2) is 0 Å². The maximum absolute atomic E-state index is 12.8. The highest BCUT2D eigenvalue weighted by molar-refractivity contribution is 5.94. The van der Waals surface area contributed by atoms with Crippen molar-refractivity contribution in [3.8, 4) is 6.07 Å². The number of carbonyl (C=O) groups excluding carboxylic acids is 1. The van der Waals surface area contributed by atoms with E-state index >= 15 is 0 Å². The molecule has 0 radical (unpaired) electrons. The highest BCUT2D eigenvalue weighted by Gasteiger charge is 2.30. The summed E-state index contributed by atoms with van der Waals surface area (Å²) in [7, 11) is 0. The third kappa shape index (κ3) is 6.46. The number of hydrogen-bond donors (Lipinski definition) is 1. The lowest BCUT2D eigenvalue weighted by Gasteiger charge is -2.35. The maximum atomic E-state index is 12.8. The van der Waals surface area contributed by atoms with Crippen LogP contribution in [-0.2, 0) is 19.3 Å². The molecule has 2 aromatic carbocycles. The van der Waals surface area contributed by atoms with Gasteiger partial charge in [-0.2, -0.15) is 18.4 Å². The molecule has 1 amide bonds. The molecule has 0 spiro atoms. The van der Waals surface area contributed by atoms with Crippen LogP contribution in [0.2, 0.25) is 0 Å². The molecule has 4 rings (SSSR count). The quantitative estimate of drug-likeness (QED) is 0.455. The average molecular weight is 496 g/mol. The van der Waals surface area contributed by atoms with Crippen molar-refractivity contribution in [3.63, 3.8) is 0 Å². The number of halogens is 3. The number of rotatable bonds is 8. The van der Waals surface area contributed by atoms with Crippen LogP contribution < -0.4 is 5.32 Å². The van der Waals surface area contributed by atoms with E-state index in [1.807, 2.05) is 42.7 Å². The molecule has 0 unspecified atom stereocenters. The summed E-state index contributed by atoms with van der Waals surface area (Å²) in [6.07, 6.45) is 0.622. The van der Waals surface area contributed by atoms with Crippen LogP contribution in [0.3, 0.4) is 0 Å². The minimum Gasteiger partial charge on any atom is -0.385 e. The Kier molecular flexibility index (Phi) is 7.96. The Morgan fingerprint density at radius 2 is 1.69 bits per heavy atom. The lowest BCUT2D eigenvalue weighted by Crippen LogP contribution is -2.48. The van der Waals surface area contributed by atoms with Crippen LogP contribution >= 0.6 is 0 Å². The fourth-order valence-corrected chi connectivity index (χ4v) is 4.29. The van der Waals surface area contributed by atoms with Crippen LogP contribution in [0, 0.1) is 11.3 Å². The third-order valence-electron chi connectivity index (χ3n) is 6.33. The van der Waals surface area contributed by atoms with Gasteiger partial charge in [0.2, 0.25) is 0 Å². The summed E-state index contributed by atoms with van der Waals surface area (Å²) >= 11 is 0. The molecule has 1 aliphatic heterocycles. The summed E-state index contributed by atoms with van der Waals surface area (Å²) in [5.41, 5.74) is 1.99. The van der Waals surface area contributed by atoms with Crippen molar-refractivity contribution in [1.29, 1.82) is 5.26 Å². The van der Waals surface area contributed by atoms with Gasteiger partial charge in [0, 0.05) is 69.5 Å². The Morgan fingerprint density at radius 1 is 1.00 bits per heavy atom. The SMILES string of the molecule is N#Cc1ccc(NCCCn2cccc2)cc1CN1CCN(C(=O)c2ccc(C(F)(F)F)cc2)CC1. The molecule has 0 saturated carbocycles. The molecule has 3 aromatic rings. The molecule has 6 nitrogen and oxygen atoms in total. The minimum atomic E-state index is -4.43. The number of amides is 1. The number of aryl methyl sites for hydroxylation is 1. The summed E-state index contributed by atoms with van der Waals surface area (Å²) < 4.78 is 40.5. The zero-order valence-corrected chi connectivity index (χ0v) is 19.8. The first-order valence-corrected chi connectivity index (χ1v) is 11.9. The van der Waals surface area contributed by atoms with E-state index in [-0.39, 0.29) is 11.5 Å². The summed E-state index contributed by atoms with van der Waals surface area (Å²) in [6.45, 7) is 4.51. The Balaban J connectivity index is 1.29. The lowest BCUT2D eigenvalue weighted by molar-refractivity contribution is -0.137. The average Bonchev–Trinajstić information content (AvgIpc) is 3.40. The Bertz CT molecular complexity index is 1190. The topological polar surface area (TPSA) is 64.3 Å². The van der Waals surface area contributed by atoms with Gasteiger partial charge in [-0.1, -0.05) is 0 Å². The van der Waals surface area contributed by atoms with Crippen molar-refractivity contribution < 1.29 is 18.0 Å². The van der Waals surface area contributed by atoms with E-state index in [1.165, 1.54) is 12.1 Å². The maximum Gasteiger partial charge on any atom is 0.416 e. The highest BCUT2D eigenvalue weighted by atomic mass is 19.4. The first kappa shape index (κ1) is 25.3. The second kappa shape index (κ2) is 11.3. The zero-order chi connectivity index (χ0) is 25.5. The number of alkyl halides is 3. The van der Waals surface area contributed by atoms with Gasteiger partial charge in [-0.05, 0) is 66.6 Å². The Hall–Kier alpha value is -3.77. The fourth-order valence-electron chi connectivity index (χ4n) is 4.29. The summed E-state index contributed by atoms with van der Waals surface area (Å²) in [6, 6.07) is 16.4. The highest BCUT2D eigenvalue weighted by Crippen LogP contribution is 2.29. The number of anilines is 1. The predicted molar refractivity (Wildman–Crippen MR) is 131 cm³/mol. The number of piperazine rings is 1. The summed E-state index contributed by atoms with van der Waals surface area (Å²) in [4.78, 5) is 16.6. The number of nitrogens with one attached hydrogen (secondary N) is 1. The second-order valence-corrected chi connectivity index (χ2v) is 8.83. The van der Waals surface area contributed by atoms with Crippen molar-refractivity contribution in [2.24, 2.45) is 0 Å². The van der Waals surface area contributed by atoms with E-state index in [1.54, 1.807) is 4.90 Å². The van der Waals surface area contributed by atoms with Gasteiger partial charge in [0.05, 0.1) is 17.2 Å². The van der Waals surface area contributed by atoms with E-state index < -0.39 is 11.7 Å². The number of benzene rings is 2. The number of nitrogens with zero attached hydrogens (tertiary/aromatic N) is 4. The van der Waals surface area contributed by atoms with Crippen LogP contribution in [0.25, 0.3) is 0 Å². The molecule has 1 saturated heterocycles. The van der Waals surface area contributed by atoms with Gasteiger partial charge in [-0.3, -0.25) is 9.69 Å². The van der Waals surface area contributed by atoms with E-state index in [0.717, 1.165) is 42.9 Å². The Morgan fingerprint density at radius 3 is 2.33 bits per heavy atom. The van der Waals surface area contributed by atoms with Gasteiger partial charge >= 0.3 is 6.18 Å². The predicted octanol–water partition coefficient (Wildman–Crippen LogP) is 4.84. The van der Waals surface area contributed by atoms with Crippen LogP contribution in [0.1, 0.15) is 33.5 Å². The molecule has 1 fully saturated rings. The molecule has 188 valence electrons. The van der Waals surface area contributed by atoms with Crippen molar-refractivity contribution in [2.75, 3.05) is 38.0 Å². The standard InChI is InChI=1S/C27H28F3N5O/c28-27(29,30)24-7-4-21(5-8-24)26(36)35-16-14-34(15-17-35)20-23-18-25(9-6-22(23)19-31)32-10-3-13-33-11-1-2-12-33/h1-2,4-9,11-12,18,32H,3,10,13-17,20H2. The third-order valence-corrected chi connectivity index (χ3v) is 6.33. The molecule has 0 aliphatic carbocycles.